The molecule has 0 unspecified atom stereocenters. The van der Waals surface area contributed by atoms with Gasteiger partial charge in [0.2, 0.25) is 5.91 Å². The zero-order valence-corrected chi connectivity index (χ0v) is 16.6. The molecule has 1 amide bonds. The van der Waals surface area contributed by atoms with Gasteiger partial charge in [0, 0.05) is 31.5 Å². The molecule has 1 aromatic heterocycles. The molecule has 0 atom stereocenters. The highest BCUT2D eigenvalue weighted by Gasteiger charge is 2.32. The van der Waals surface area contributed by atoms with Crippen LogP contribution in [-0.4, -0.2) is 49.0 Å². The minimum Gasteiger partial charge on any atom is -0.384 e. The van der Waals surface area contributed by atoms with Crippen LogP contribution in [0, 0.1) is 5.41 Å². The normalized spacial score (nSPS) is 15.9. The number of methoxy groups -OCH3 is 1. The first kappa shape index (κ1) is 21.3. The molecule has 27 heavy (non-hydrogen) atoms. The highest BCUT2D eigenvalue weighted by Crippen LogP contribution is 2.28. The van der Waals surface area contributed by atoms with Crippen LogP contribution in [0.25, 0.3) is 10.8 Å². The van der Waals surface area contributed by atoms with Gasteiger partial charge in [-0.25, -0.2) is 4.68 Å². The lowest BCUT2D eigenvalue weighted by Crippen LogP contribution is -2.47. The molecule has 1 fully saturated rings. The Bertz CT molecular complexity index is 841. The van der Waals surface area contributed by atoms with Gasteiger partial charge in [0.05, 0.1) is 24.1 Å². The Kier molecular flexibility index (Phi) is 7.35. The molecule has 1 saturated heterocycles. The van der Waals surface area contributed by atoms with Gasteiger partial charge >= 0.3 is 0 Å². The van der Waals surface area contributed by atoms with Crippen molar-refractivity contribution in [1.82, 2.24) is 20.4 Å². The topological polar surface area (TPSA) is 85.2 Å². The van der Waals surface area contributed by atoms with E-state index in [1.54, 1.807) is 20.2 Å². The van der Waals surface area contributed by atoms with Gasteiger partial charge in [-0.3, -0.25) is 9.59 Å². The molecule has 1 aliphatic heterocycles. The summed E-state index contributed by atoms with van der Waals surface area (Å²) in [6.07, 6.45) is 2.10. The van der Waals surface area contributed by atoms with Crippen molar-refractivity contribution in [1.29, 1.82) is 0 Å². The summed E-state index contributed by atoms with van der Waals surface area (Å²) in [5.41, 5.74) is 0.444. The minimum absolute atomic E-state index is 0. The van der Waals surface area contributed by atoms with E-state index in [9.17, 15) is 9.59 Å². The molecule has 0 saturated carbocycles. The Labute approximate surface area is 164 Å². The Hall–Kier alpha value is -1.96. The van der Waals surface area contributed by atoms with Gasteiger partial charge in [0.25, 0.3) is 5.56 Å². The van der Waals surface area contributed by atoms with Crippen LogP contribution in [0.5, 0.6) is 0 Å². The number of ether oxygens (including phenoxy) is 1. The Morgan fingerprint density at radius 1 is 1.30 bits per heavy atom. The number of carbonyl (C=O) groups excluding carboxylic acids is 1. The first-order chi connectivity index (χ1) is 12.5. The summed E-state index contributed by atoms with van der Waals surface area (Å²) in [5.74, 6) is -0.0877. The van der Waals surface area contributed by atoms with Crippen molar-refractivity contribution in [3.05, 3.63) is 40.3 Å². The maximum Gasteiger partial charge on any atom is 0.274 e. The number of hydrogen-bond acceptors (Lipinski definition) is 5. The third-order valence-corrected chi connectivity index (χ3v) is 5.14. The predicted octanol–water partition coefficient (Wildman–Crippen LogP) is 1.03. The number of nitrogens with zero attached hydrogens (tertiary/aromatic N) is 2. The van der Waals surface area contributed by atoms with Crippen LogP contribution in [-0.2, 0) is 23.0 Å². The maximum absolute atomic E-state index is 12.5. The standard InChI is InChI=1S/C19H26N4O3.ClH/c1-23-18(25)15-6-4-3-5-14(15)16(22-23)11-17(24)21-12-19(13-26-2)7-9-20-10-8-19;/h3-6,20H,7-13H2,1-2H3,(H,21,24);1H. The average Bonchev–Trinajstić information content (AvgIpc) is 2.65. The van der Waals surface area contributed by atoms with Gasteiger partial charge in [-0.05, 0) is 32.0 Å². The minimum atomic E-state index is -0.154. The second-order valence-electron chi connectivity index (χ2n) is 7.06. The van der Waals surface area contributed by atoms with Gasteiger partial charge in [-0.15, -0.1) is 12.4 Å². The van der Waals surface area contributed by atoms with Gasteiger partial charge < -0.3 is 15.4 Å². The van der Waals surface area contributed by atoms with Crippen molar-refractivity contribution in [2.24, 2.45) is 12.5 Å². The summed E-state index contributed by atoms with van der Waals surface area (Å²) >= 11 is 0. The van der Waals surface area contributed by atoms with E-state index in [-0.39, 0.29) is 35.7 Å². The van der Waals surface area contributed by atoms with Crippen molar-refractivity contribution in [3.63, 3.8) is 0 Å². The molecule has 0 spiro atoms. The summed E-state index contributed by atoms with van der Waals surface area (Å²) in [7, 11) is 3.31. The second kappa shape index (κ2) is 9.30. The van der Waals surface area contributed by atoms with Crippen LogP contribution in [0.15, 0.2) is 29.1 Å². The molecule has 7 nitrogen and oxygen atoms in total. The number of fused-ring (bicyclic) bond motifs is 1. The van der Waals surface area contributed by atoms with Crippen molar-refractivity contribution in [3.8, 4) is 0 Å². The second-order valence-corrected chi connectivity index (χ2v) is 7.06. The SMILES string of the molecule is COCC1(CNC(=O)Cc2nn(C)c(=O)c3ccccc23)CCNCC1.Cl. The number of carbonyl (C=O) groups is 1. The van der Waals surface area contributed by atoms with Crippen LogP contribution in [0.4, 0.5) is 0 Å². The quantitative estimate of drug-likeness (QED) is 0.764. The third kappa shape index (κ3) is 4.86. The van der Waals surface area contributed by atoms with Crippen LogP contribution >= 0.6 is 12.4 Å². The Balaban J connectivity index is 0.00000261. The number of aromatic nitrogens is 2. The molecule has 3 rings (SSSR count). The number of rotatable bonds is 6. The summed E-state index contributed by atoms with van der Waals surface area (Å²) < 4.78 is 6.69. The number of aryl methyl sites for hydroxylation is 1. The van der Waals surface area contributed by atoms with Crippen molar-refractivity contribution < 1.29 is 9.53 Å². The molecule has 0 aliphatic carbocycles. The lowest BCUT2D eigenvalue weighted by Gasteiger charge is -2.37. The first-order valence-corrected chi connectivity index (χ1v) is 8.96. The van der Waals surface area contributed by atoms with Crippen LogP contribution in [0.2, 0.25) is 0 Å². The van der Waals surface area contributed by atoms with E-state index in [2.05, 4.69) is 15.7 Å². The molecular weight excluding hydrogens is 368 g/mol. The summed E-state index contributed by atoms with van der Waals surface area (Å²) in [6, 6.07) is 7.28. The fourth-order valence-corrected chi connectivity index (χ4v) is 3.64. The van der Waals surface area contributed by atoms with Gasteiger partial charge in [0.15, 0.2) is 0 Å². The van der Waals surface area contributed by atoms with Gasteiger partial charge in [0.1, 0.15) is 0 Å². The molecule has 2 aromatic rings. The lowest BCUT2D eigenvalue weighted by molar-refractivity contribution is -0.121. The van der Waals surface area contributed by atoms with Crippen molar-refractivity contribution in [2.75, 3.05) is 33.4 Å². The lowest BCUT2D eigenvalue weighted by atomic mass is 9.79. The fourth-order valence-electron chi connectivity index (χ4n) is 3.64. The molecule has 8 heteroatoms. The average molecular weight is 395 g/mol. The van der Waals surface area contributed by atoms with E-state index in [1.165, 1.54) is 4.68 Å². The van der Waals surface area contributed by atoms with Crippen LogP contribution in [0.3, 0.4) is 0 Å². The number of benzene rings is 1. The molecule has 0 radical (unpaired) electrons. The molecule has 2 heterocycles. The zero-order chi connectivity index (χ0) is 18.6. The number of nitrogens with one attached hydrogen (secondary N) is 2. The van der Waals surface area contributed by atoms with E-state index in [4.69, 9.17) is 4.74 Å². The van der Waals surface area contributed by atoms with Crippen molar-refractivity contribution in [2.45, 2.75) is 19.3 Å². The Morgan fingerprint density at radius 2 is 1.96 bits per heavy atom. The van der Waals surface area contributed by atoms with Gasteiger partial charge in [-0.1, -0.05) is 18.2 Å². The fraction of sp³-hybridized carbons (Fsp3) is 0.526. The number of halogens is 1. The summed E-state index contributed by atoms with van der Waals surface area (Å²) in [5, 5.41) is 12.0. The van der Waals surface area contributed by atoms with E-state index >= 15 is 0 Å². The highest BCUT2D eigenvalue weighted by molar-refractivity contribution is 5.88. The monoisotopic (exact) mass is 394 g/mol. The smallest absolute Gasteiger partial charge is 0.274 e. The van der Waals surface area contributed by atoms with E-state index in [1.807, 2.05) is 18.2 Å². The summed E-state index contributed by atoms with van der Waals surface area (Å²) in [6.45, 7) is 3.10. The molecule has 0 bridgehead atoms. The highest BCUT2D eigenvalue weighted by atomic mass is 35.5. The molecule has 1 aliphatic rings. The maximum atomic E-state index is 12.5. The van der Waals surface area contributed by atoms with Crippen LogP contribution in [0.1, 0.15) is 18.5 Å². The van der Waals surface area contributed by atoms with Gasteiger partial charge in [-0.2, -0.15) is 5.10 Å². The number of amides is 1. The molecule has 148 valence electrons. The van der Waals surface area contributed by atoms with Crippen LogP contribution < -0.4 is 16.2 Å². The third-order valence-electron chi connectivity index (χ3n) is 5.14. The number of hydrogen-bond donors (Lipinski definition) is 2. The molecule has 1 aromatic carbocycles. The van der Waals surface area contributed by atoms with Crippen molar-refractivity contribution >= 4 is 29.1 Å². The van der Waals surface area contributed by atoms with E-state index < -0.39 is 0 Å². The largest absolute Gasteiger partial charge is 0.384 e. The molecular formula is C19H27ClN4O3. The number of piperidine rings is 1. The summed E-state index contributed by atoms with van der Waals surface area (Å²) in [4.78, 5) is 24.7. The van der Waals surface area contributed by atoms with E-state index in [0.717, 1.165) is 31.3 Å². The molecule has 2 N–H and O–H groups in total. The van der Waals surface area contributed by atoms with E-state index in [0.29, 0.717) is 24.2 Å². The first-order valence-electron chi connectivity index (χ1n) is 8.96. The predicted molar refractivity (Wildman–Crippen MR) is 107 cm³/mol. The zero-order valence-electron chi connectivity index (χ0n) is 15.8. The Morgan fingerprint density at radius 3 is 2.63 bits per heavy atom.